The van der Waals surface area contributed by atoms with Crippen LogP contribution in [-0.2, 0) is 0 Å². The van der Waals surface area contributed by atoms with E-state index < -0.39 is 5.91 Å². The molecule has 0 aliphatic rings. The van der Waals surface area contributed by atoms with Gasteiger partial charge in [0.2, 0.25) is 0 Å². The normalized spacial score (nSPS) is 10.6. The Hall–Kier alpha value is -1.72. The summed E-state index contributed by atoms with van der Waals surface area (Å²) in [6.07, 6.45) is 3.07. The standard InChI is InChI=1S/C13H9BrClN3O/c14-10-5-3-9(4-6-10)8-17-18-13(19)11-2-1-7-16-12(11)15/h1-8H,(H,18,19)/b17-8+. The van der Waals surface area contributed by atoms with Gasteiger partial charge in [-0.15, -0.1) is 0 Å². The molecular weight excluding hydrogens is 330 g/mol. The first-order valence-electron chi connectivity index (χ1n) is 5.36. The Kier molecular flexibility index (Phi) is 4.65. The zero-order valence-electron chi connectivity index (χ0n) is 9.68. The maximum absolute atomic E-state index is 11.8. The van der Waals surface area contributed by atoms with Gasteiger partial charge >= 0.3 is 0 Å². The van der Waals surface area contributed by atoms with Crippen LogP contribution in [0.1, 0.15) is 15.9 Å². The quantitative estimate of drug-likeness (QED) is 0.530. The number of nitrogens with one attached hydrogen (secondary N) is 1. The third kappa shape index (κ3) is 3.87. The second-order valence-electron chi connectivity index (χ2n) is 3.59. The highest BCUT2D eigenvalue weighted by molar-refractivity contribution is 9.10. The largest absolute Gasteiger partial charge is 0.274 e. The first-order chi connectivity index (χ1) is 9.16. The number of pyridine rings is 1. The number of hydrogen-bond acceptors (Lipinski definition) is 3. The van der Waals surface area contributed by atoms with Crippen molar-refractivity contribution in [3.63, 3.8) is 0 Å². The summed E-state index contributed by atoms with van der Waals surface area (Å²) in [7, 11) is 0. The fourth-order valence-corrected chi connectivity index (χ4v) is 1.80. The summed E-state index contributed by atoms with van der Waals surface area (Å²) in [5.74, 6) is -0.397. The predicted octanol–water partition coefficient (Wildman–Crippen LogP) is 3.26. The Morgan fingerprint density at radius 1 is 1.32 bits per heavy atom. The minimum atomic E-state index is -0.397. The van der Waals surface area contributed by atoms with Gasteiger partial charge in [0.25, 0.3) is 5.91 Å². The average Bonchev–Trinajstić information content (AvgIpc) is 2.41. The predicted molar refractivity (Wildman–Crippen MR) is 78.4 cm³/mol. The molecule has 1 aromatic heterocycles. The number of rotatable bonds is 3. The molecule has 0 unspecified atom stereocenters. The molecule has 96 valence electrons. The molecule has 1 heterocycles. The molecule has 6 heteroatoms. The van der Waals surface area contributed by atoms with Crippen molar-refractivity contribution in [1.29, 1.82) is 0 Å². The highest BCUT2D eigenvalue weighted by Crippen LogP contribution is 2.11. The Labute approximate surface area is 123 Å². The maximum atomic E-state index is 11.8. The Bertz CT molecular complexity index is 614. The third-order valence-corrected chi connectivity index (χ3v) is 3.08. The van der Waals surface area contributed by atoms with Crippen molar-refractivity contribution in [2.75, 3.05) is 0 Å². The summed E-state index contributed by atoms with van der Waals surface area (Å²) in [6.45, 7) is 0. The van der Waals surface area contributed by atoms with E-state index in [1.165, 1.54) is 6.20 Å². The second kappa shape index (κ2) is 6.45. The van der Waals surface area contributed by atoms with Gasteiger partial charge in [-0.05, 0) is 29.8 Å². The van der Waals surface area contributed by atoms with Gasteiger partial charge in [-0.2, -0.15) is 5.10 Å². The zero-order valence-corrected chi connectivity index (χ0v) is 12.0. The topological polar surface area (TPSA) is 54.4 Å². The van der Waals surface area contributed by atoms with E-state index in [-0.39, 0.29) is 10.7 Å². The molecule has 1 aromatic carbocycles. The molecule has 0 bridgehead atoms. The van der Waals surface area contributed by atoms with E-state index in [9.17, 15) is 4.79 Å². The van der Waals surface area contributed by atoms with Crippen molar-refractivity contribution in [1.82, 2.24) is 10.4 Å². The van der Waals surface area contributed by atoms with Crippen LogP contribution in [0.2, 0.25) is 5.15 Å². The van der Waals surface area contributed by atoms with E-state index in [2.05, 4.69) is 31.4 Å². The number of benzene rings is 1. The molecule has 0 atom stereocenters. The van der Waals surface area contributed by atoms with Gasteiger partial charge in [0.15, 0.2) is 0 Å². The van der Waals surface area contributed by atoms with Gasteiger partial charge in [-0.25, -0.2) is 10.4 Å². The summed E-state index contributed by atoms with van der Waals surface area (Å²) < 4.78 is 0.982. The van der Waals surface area contributed by atoms with Gasteiger partial charge in [-0.3, -0.25) is 4.79 Å². The molecule has 0 saturated carbocycles. The van der Waals surface area contributed by atoms with E-state index in [4.69, 9.17) is 11.6 Å². The van der Waals surface area contributed by atoms with Crippen LogP contribution < -0.4 is 5.43 Å². The van der Waals surface area contributed by atoms with Crippen LogP contribution in [0.25, 0.3) is 0 Å². The van der Waals surface area contributed by atoms with Gasteiger partial charge in [0.1, 0.15) is 5.15 Å². The van der Waals surface area contributed by atoms with E-state index in [0.717, 1.165) is 10.0 Å². The molecule has 2 aromatic rings. The Morgan fingerprint density at radius 2 is 2.05 bits per heavy atom. The van der Waals surface area contributed by atoms with Gasteiger partial charge in [-0.1, -0.05) is 39.7 Å². The SMILES string of the molecule is O=C(N/N=C/c1ccc(Br)cc1)c1cccnc1Cl. The fraction of sp³-hybridized carbons (Fsp3) is 0. The van der Waals surface area contributed by atoms with Gasteiger partial charge in [0, 0.05) is 10.7 Å². The maximum Gasteiger partial charge on any atom is 0.274 e. The lowest BCUT2D eigenvalue weighted by Gasteiger charge is -2.00. The third-order valence-electron chi connectivity index (χ3n) is 2.25. The lowest BCUT2D eigenvalue weighted by atomic mass is 10.2. The zero-order chi connectivity index (χ0) is 13.7. The summed E-state index contributed by atoms with van der Waals surface area (Å²) in [6, 6.07) is 10.7. The van der Waals surface area contributed by atoms with Crippen molar-refractivity contribution >= 4 is 39.7 Å². The van der Waals surface area contributed by atoms with E-state index in [0.29, 0.717) is 0 Å². The van der Waals surface area contributed by atoms with Crippen molar-refractivity contribution in [3.05, 3.63) is 63.3 Å². The summed E-state index contributed by atoms with van der Waals surface area (Å²) >= 11 is 9.14. The van der Waals surface area contributed by atoms with Crippen LogP contribution in [0.5, 0.6) is 0 Å². The first-order valence-corrected chi connectivity index (χ1v) is 6.53. The monoisotopic (exact) mass is 337 g/mol. The van der Waals surface area contributed by atoms with E-state index in [1.54, 1.807) is 18.3 Å². The second-order valence-corrected chi connectivity index (χ2v) is 4.87. The average molecular weight is 339 g/mol. The molecule has 1 amide bonds. The minimum Gasteiger partial charge on any atom is -0.267 e. The highest BCUT2D eigenvalue weighted by atomic mass is 79.9. The summed E-state index contributed by atoms with van der Waals surface area (Å²) in [4.78, 5) is 15.6. The molecule has 1 N–H and O–H groups in total. The van der Waals surface area contributed by atoms with Crippen molar-refractivity contribution in [2.45, 2.75) is 0 Å². The molecule has 4 nitrogen and oxygen atoms in total. The van der Waals surface area contributed by atoms with Gasteiger partial charge < -0.3 is 0 Å². The molecule has 0 aliphatic carbocycles. The van der Waals surface area contributed by atoms with Crippen LogP contribution in [0, 0.1) is 0 Å². The van der Waals surface area contributed by atoms with E-state index in [1.807, 2.05) is 24.3 Å². The van der Waals surface area contributed by atoms with Gasteiger partial charge in [0.05, 0.1) is 11.8 Å². The molecule has 2 rings (SSSR count). The Balaban J connectivity index is 2.01. The number of hydrazone groups is 1. The number of hydrogen-bond donors (Lipinski definition) is 1. The summed E-state index contributed by atoms with van der Waals surface area (Å²) in [5.41, 5.74) is 3.56. The first kappa shape index (κ1) is 13.7. The lowest BCUT2D eigenvalue weighted by Crippen LogP contribution is -2.18. The molecule has 19 heavy (non-hydrogen) atoms. The molecule has 0 aliphatic heterocycles. The lowest BCUT2D eigenvalue weighted by molar-refractivity contribution is 0.0955. The Morgan fingerprint density at radius 3 is 2.74 bits per heavy atom. The van der Waals surface area contributed by atoms with E-state index >= 15 is 0 Å². The number of nitrogens with zero attached hydrogens (tertiary/aromatic N) is 2. The number of halogens is 2. The number of carbonyl (C=O) groups excluding carboxylic acids is 1. The minimum absolute atomic E-state index is 0.152. The van der Waals surface area contributed by atoms with Crippen molar-refractivity contribution in [2.24, 2.45) is 5.10 Å². The molecule has 0 spiro atoms. The van der Waals surface area contributed by atoms with Crippen LogP contribution in [0.15, 0.2) is 52.2 Å². The molecular formula is C13H9BrClN3O. The van der Waals surface area contributed by atoms with Crippen LogP contribution in [-0.4, -0.2) is 17.1 Å². The molecule has 0 fully saturated rings. The van der Waals surface area contributed by atoms with Crippen LogP contribution >= 0.6 is 27.5 Å². The highest BCUT2D eigenvalue weighted by Gasteiger charge is 2.08. The molecule has 0 radical (unpaired) electrons. The summed E-state index contributed by atoms with van der Waals surface area (Å²) in [5, 5.41) is 4.01. The number of carbonyl (C=O) groups is 1. The van der Waals surface area contributed by atoms with Crippen LogP contribution in [0.4, 0.5) is 0 Å². The number of aromatic nitrogens is 1. The molecule has 0 saturated heterocycles. The van der Waals surface area contributed by atoms with Crippen LogP contribution in [0.3, 0.4) is 0 Å². The van der Waals surface area contributed by atoms with Crippen molar-refractivity contribution < 1.29 is 4.79 Å². The number of amides is 1. The fourth-order valence-electron chi connectivity index (χ4n) is 1.33. The van der Waals surface area contributed by atoms with Crippen molar-refractivity contribution in [3.8, 4) is 0 Å². The smallest absolute Gasteiger partial charge is 0.267 e.